The second-order valence-corrected chi connectivity index (χ2v) is 6.28. The molecule has 0 bridgehead atoms. The molecule has 21 heavy (non-hydrogen) atoms. The third kappa shape index (κ3) is 3.08. The molecule has 0 spiro atoms. The molecule has 1 aliphatic rings. The Balaban J connectivity index is 1.83. The summed E-state index contributed by atoms with van der Waals surface area (Å²) in [6.07, 6.45) is 7.89. The molecular weight excluding hydrogens is 282 g/mol. The summed E-state index contributed by atoms with van der Waals surface area (Å²) in [5, 5.41) is 19.1. The van der Waals surface area contributed by atoms with Gasteiger partial charge < -0.3 is 4.57 Å². The molecule has 0 aliphatic heterocycles. The van der Waals surface area contributed by atoms with E-state index >= 15 is 0 Å². The monoisotopic (exact) mass is 299 g/mol. The van der Waals surface area contributed by atoms with Crippen molar-refractivity contribution in [2.75, 3.05) is 0 Å². The lowest BCUT2D eigenvalue weighted by atomic mass is 9.95. The highest BCUT2D eigenvalue weighted by atomic mass is 32.2. The Bertz CT molecular complexity index is 650. The van der Waals surface area contributed by atoms with Gasteiger partial charge in [-0.3, -0.25) is 0 Å². The van der Waals surface area contributed by atoms with Crippen molar-refractivity contribution in [2.24, 2.45) is 0 Å². The van der Waals surface area contributed by atoms with Crippen LogP contribution in [0.2, 0.25) is 0 Å². The van der Waals surface area contributed by atoms with Crippen LogP contribution in [0.3, 0.4) is 0 Å². The minimum absolute atomic E-state index is 0.509. The van der Waals surface area contributed by atoms with E-state index in [9.17, 15) is 0 Å². The summed E-state index contributed by atoms with van der Waals surface area (Å²) in [5.41, 5.74) is 0.573. The first kappa shape index (κ1) is 14.1. The Hall–Kier alpha value is -1.87. The molecule has 1 fully saturated rings. The van der Waals surface area contributed by atoms with Gasteiger partial charge in [0.25, 0.3) is 0 Å². The van der Waals surface area contributed by atoms with Crippen molar-refractivity contribution < 1.29 is 0 Å². The SMILES string of the molecule is Cc1nnc(Sc2ccc(C#N)cn2)n1C1CCCCC1. The van der Waals surface area contributed by atoms with Crippen molar-refractivity contribution in [3.63, 3.8) is 0 Å². The molecule has 108 valence electrons. The van der Waals surface area contributed by atoms with Gasteiger partial charge in [0.2, 0.25) is 0 Å². The van der Waals surface area contributed by atoms with Crippen molar-refractivity contribution >= 4 is 11.8 Å². The number of hydrogen-bond donors (Lipinski definition) is 0. The van der Waals surface area contributed by atoms with Crippen molar-refractivity contribution in [1.82, 2.24) is 19.7 Å². The molecule has 6 heteroatoms. The highest BCUT2D eigenvalue weighted by Gasteiger charge is 2.21. The third-order valence-electron chi connectivity index (χ3n) is 3.84. The highest BCUT2D eigenvalue weighted by Crippen LogP contribution is 2.34. The summed E-state index contributed by atoms with van der Waals surface area (Å²) in [6, 6.07) is 6.23. The molecule has 5 nitrogen and oxygen atoms in total. The average Bonchev–Trinajstić information content (AvgIpc) is 2.89. The molecule has 3 rings (SSSR count). The van der Waals surface area contributed by atoms with Crippen LogP contribution >= 0.6 is 11.8 Å². The Morgan fingerprint density at radius 2 is 2.05 bits per heavy atom. The normalized spacial score (nSPS) is 15.8. The molecule has 1 saturated carbocycles. The lowest BCUT2D eigenvalue weighted by Gasteiger charge is -2.24. The second-order valence-electron chi connectivity index (χ2n) is 5.29. The Kier molecular flexibility index (Phi) is 4.20. The van der Waals surface area contributed by atoms with E-state index < -0.39 is 0 Å². The summed E-state index contributed by atoms with van der Waals surface area (Å²) in [6.45, 7) is 2.01. The molecule has 0 unspecified atom stereocenters. The highest BCUT2D eigenvalue weighted by molar-refractivity contribution is 7.99. The van der Waals surface area contributed by atoms with E-state index in [2.05, 4.69) is 25.8 Å². The van der Waals surface area contributed by atoms with Crippen molar-refractivity contribution in [3.05, 3.63) is 29.7 Å². The third-order valence-corrected chi connectivity index (χ3v) is 4.75. The molecule has 0 aromatic carbocycles. The number of rotatable bonds is 3. The van der Waals surface area contributed by atoms with Gasteiger partial charge in [0.05, 0.1) is 5.56 Å². The number of aromatic nitrogens is 4. The topological polar surface area (TPSA) is 67.4 Å². The van der Waals surface area contributed by atoms with Gasteiger partial charge in [-0.25, -0.2) is 4.98 Å². The first-order chi connectivity index (χ1) is 10.3. The van der Waals surface area contributed by atoms with E-state index in [4.69, 9.17) is 5.26 Å². The van der Waals surface area contributed by atoms with Crippen LogP contribution in [0.4, 0.5) is 0 Å². The summed E-state index contributed by atoms with van der Waals surface area (Å²) >= 11 is 1.52. The zero-order valence-corrected chi connectivity index (χ0v) is 12.8. The van der Waals surface area contributed by atoms with E-state index in [1.807, 2.05) is 13.0 Å². The van der Waals surface area contributed by atoms with Crippen LogP contribution < -0.4 is 0 Å². The molecular formula is C15H17N5S. The van der Waals surface area contributed by atoms with Gasteiger partial charge in [-0.1, -0.05) is 19.3 Å². The standard InChI is InChI=1S/C15H17N5S/c1-11-18-19-15(20(11)13-5-3-2-4-6-13)21-14-8-7-12(9-16)10-17-14/h7-8,10,13H,2-6H2,1H3. The van der Waals surface area contributed by atoms with Gasteiger partial charge in [-0.05, 0) is 43.7 Å². The van der Waals surface area contributed by atoms with E-state index in [0.29, 0.717) is 11.6 Å². The summed E-state index contributed by atoms with van der Waals surface area (Å²) in [5.74, 6) is 0.970. The van der Waals surface area contributed by atoms with Crippen LogP contribution in [0.25, 0.3) is 0 Å². The fourth-order valence-corrected chi connectivity index (χ4v) is 3.67. The fraction of sp³-hybridized carbons (Fsp3) is 0.467. The smallest absolute Gasteiger partial charge is 0.197 e. The van der Waals surface area contributed by atoms with Gasteiger partial charge in [0.1, 0.15) is 16.9 Å². The van der Waals surface area contributed by atoms with Crippen LogP contribution in [0, 0.1) is 18.3 Å². The molecule has 0 radical (unpaired) electrons. The Morgan fingerprint density at radius 1 is 1.24 bits per heavy atom. The Morgan fingerprint density at radius 3 is 2.71 bits per heavy atom. The van der Waals surface area contributed by atoms with Gasteiger partial charge >= 0.3 is 0 Å². The van der Waals surface area contributed by atoms with E-state index in [0.717, 1.165) is 16.0 Å². The van der Waals surface area contributed by atoms with Gasteiger partial charge in [0.15, 0.2) is 5.16 Å². The van der Waals surface area contributed by atoms with Crippen LogP contribution in [0.1, 0.15) is 49.5 Å². The molecule has 0 amide bonds. The van der Waals surface area contributed by atoms with Crippen LogP contribution in [-0.4, -0.2) is 19.7 Å². The second kappa shape index (κ2) is 6.27. The van der Waals surface area contributed by atoms with Gasteiger partial charge in [0, 0.05) is 12.2 Å². The number of pyridine rings is 1. The maximum Gasteiger partial charge on any atom is 0.197 e. The van der Waals surface area contributed by atoms with E-state index in [1.54, 1.807) is 12.3 Å². The van der Waals surface area contributed by atoms with Crippen molar-refractivity contribution in [2.45, 2.75) is 55.3 Å². The summed E-state index contributed by atoms with van der Waals surface area (Å²) in [4.78, 5) is 4.30. The predicted molar refractivity (Wildman–Crippen MR) is 80.0 cm³/mol. The first-order valence-electron chi connectivity index (χ1n) is 7.23. The lowest BCUT2D eigenvalue weighted by molar-refractivity contribution is 0.332. The van der Waals surface area contributed by atoms with Crippen molar-refractivity contribution in [3.8, 4) is 6.07 Å². The minimum Gasteiger partial charge on any atom is -0.303 e. The Labute approximate surface area is 128 Å². The average molecular weight is 299 g/mol. The zero-order valence-electron chi connectivity index (χ0n) is 12.0. The maximum atomic E-state index is 8.81. The zero-order chi connectivity index (χ0) is 14.7. The fourth-order valence-electron chi connectivity index (χ4n) is 2.78. The molecule has 2 aromatic rings. The molecule has 0 N–H and O–H groups in total. The summed E-state index contributed by atoms with van der Waals surface area (Å²) in [7, 11) is 0. The molecule has 0 saturated heterocycles. The number of nitriles is 1. The van der Waals surface area contributed by atoms with Gasteiger partial charge in [-0.15, -0.1) is 10.2 Å². The van der Waals surface area contributed by atoms with Crippen molar-refractivity contribution in [1.29, 1.82) is 5.26 Å². The molecule has 2 heterocycles. The quantitative estimate of drug-likeness (QED) is 0.867. The number of aryl methyl sites for hydroxylation is 1. The van der Waals surface area contributed by atoms with Crippen LogP contribution in [0.15, 0.2) is 28.5 Å². The first-order valence-corrected chi connectivity index (χ1v) is 8.05. The molecule has 1 aliphatic carbocycles. The number of hydrogen-bond acceptors (Lipinski definition) is 5. The van der Waals surface area contributed by atoms with E-state index in [1.165, 1.54) is 43.9 Å². The van der Waals surface area contributed by atoms with E-state index in [-0.39, 0.29) is 0 Å². The summed E-state index contributed by atoms with van der Waals surface area (Å²) < 4.78 is 2.25. The minimum atomic E-state index is 0.509. The molecule has 2 aromatic heterocycles. The van der Waals surface area contributed by atoms with Crippen LogP contribution in [-0.2, 0) is 0 Å². The predicted octanol–water partition coefficient (Wildman–Crippen LogP) is 3.51. The molecule has 0 atom stereocenters. The van der Waals surface area contributed by atoms with Gasteiger partial charge in [-0.2, -0.15) is 5.26 Å². The largest absolute Gasteiger partial charge is 0.303 e. The number of nitrogens with zero attached hydrogens (tertiary/aromatic N) is 5. The lowest BCUT2D eigenvalue weighted by Crippen LogP contribution is -2.15. The van der Waals surface area contributed by atoms with Crippen LogP contribution in [0.5, 0.6) is 0 Å². The maximum absolute atomic E-state index is 8.81.